The SMILES string of the molecule is CN(C)[C@@H]1C(=O)C(C(N)=O)C(=O)[C@@]2(O)C(=O)C3C(=O)c4c(O)ccc(CNCc5ccc[nH]5)c4C[C@@]3(C)C[C@@]12C. The number of benzene rings is 1. The zero-order chi connectivity index (χ0) is 29.4. The summed E-state index contributed by atoms with van der Waals surface area (Å²) in [6.45, 7) is 4.15. The van der Waals surface area contributed by atoms with Crippen LogP contribution in [-0.4, -0.2) is 74.9 Å². The first-order chi connectivity index (χ1) is 18.7. The lowest BCUT2D eigenvalue weighted by molar-refractivity contribution is -0.203. The van der Waals surface area contributed by atoms with Crippen LogP contribution in [0.3, 0.4) is 0 Å². The number of phenols is 1. The lowest BCUT2D eigenvalue weighted by Gasteiger charge is -2.61. The number of aliphatic hydroxyl groups is 1. The molecular weight excluding hydrogens is 516 g/mol. The Balaban J connectivity index is 1.61. The normalized spacial score (nSPS) is 33.5. The van der Waals surface area contributed by atoms with Crippen molar-refractivity contribution in [3.63, 3.8) is 0 Å². The van der Waals surface area contributed by atoms with Crippen molar-refractivity contribution < 1.29 is 34.2 Å². The standard InChI is InChI=1S/C29H34N4O7/c1-27-10-16-14(11-31-12-15-6-5-9-32-15)7-8-17(34)18(16)21(35)20(27)25(38)29(40)24(37)19(26(30)39)22(36)23(33(3)4)28(29,2)13-27/h5-9,19-20,23,31-32,34,40H,10-13H2,1-4H3,(H2,30,39)/t19?,20?,23-,27+,28+,29-/m1/s1. The van der Waals surface area contributed by atoms with Crippen LogP contribution in [0.2, 0.25) is 0 Å². The van der Waals surface area contributed by atoms with Crippen LogP contribution in [0.5, 0.6) is 5.75 Å². The Labute approximate surface area is 231 Å². The van der Waals surface area contributed by atoms with Crippen molar-refractivity contribution in [2.75, 3.05) is 14.1 Å². The molecule has 5 rings (SSSR count). The van der Waals surface area contributed by atoms with Gasteiger partial charge in [-0.1, -0.05) is 19.9 Å². The Bertz CT molecular complexity index is 1450. The van der Waals surface area contributed by atoms with Crippen molar-refractivity contribution in [2.45, 2.75) is 51.4 Å². The third kappa shape index (κ3) is 3.64. The van der Waals surface area contributed by atoms with Crippen molar-refractivity contribution in [3.05, 3.63) is 52.8 Å². The van der Waals surface area contributed by atoms with Gasteiger partial charge in [0.05, 0.1) is 17.5 Å². The summed E-state index contributed by atoms with van der Waals surface area (Å²) in [7, 11) is 3.13. The zero-order valence-electron chi connectivity index (χ0n) is 22.9. The number of nitrogens with two attached hydrogens (primary N) is 1. The van der Waals surface area contributed by atoms with Gasteiger partial charge in [0, 0.05) is 30.4 Å². The number of primary amides is 1. The van der Waals surface area contributed by atoms with Crippen LogP contribution in [0.4, 0.5) is 0 Å². The van der Waals surface area contributed by atoms with Crippen LogP contribution >= 0.6 is 0 Å². The Kier molecular flexibility index (Phi) is 6.40. The van der Waals surface area contributed by atoms with Gasteiger partial charge in [0.1, 0.15) is 5.75 Å². The number of Topliss-reactive ketones (excluding diaryl/α,β-unsaturated/α-hetero) is 4. The molecule has 0 radical (unpaired) electrons. The molecule has 6 atom stereocenters. The van der Waals surface area contributed by atoms with Crippen LogP contribution in [0.1, 0.15) is 47.4 Å². The average Bonchev–Trinajstić information content (AvgIpc) is 3.36. The molecule has 0 bridgehead atoms. The first-order valence-electron chi connectivity index (χ1n) is 13.2. The summed E-state index contributed by atoms with van der Waals surface area (Å²) >= 11 is 0. The number of amides is 1. The number of likely N-dealkylation sites (N-methyl/N-ethyl adjacent to an activating group) is 1. The van der Waals surface area contributed by atoms with E-state index in [9.17, 15) is 34.2 Å². The van der Waals surface area contributed by atoms with Crippen LogP contribution < -0.4 is 11.1 Å². The molecule has 2 saturated carbocycles. The highest BCUT2D eigenvalue weighted by Crippen LogP contribution is 2.61. The molecule has 2 unspecified atom stereocenters. The Hall–Kier alpha value is -3.67. The highest BCUT2D eigenvalue weighted by atomic mass is 16.3. The van der Waals surface area contributed by atoms with Gasteiger partial charge >= 0.3 is 0 Å². The van der Waals surface area contributed by atoms with E-state index in [0.29, 0.717) is 18.7 Å². The number of fused-ring (bicyclic) bond motifs is 3. The van der Waals surface area contributed by atoms with Crippen LogP contribution in [-0.2, 0) is 38.7 Å². The third-order valence-corrected chi connectivity index (χ3v) is 9.26. The number of aromatic hydroxyl groups is 1. The Morgan fingerprint density at radius 3 is 2.42 bits per heavy atom. The molecule has 3 aliphatic rings. The maximum absolute atomic E-state index is 14.2. The van der Waals surface area contributed by atoms with Gasteiger partial charge in [0.2, 0.25) is 5.91 Å². The molecule has 0 aliphatic heterocycles. The maximum atomic E-state index is 14.2. The molecule has 11 nitrogen and oxygen atoms in total. The average molecular weight is 551 g/mol. The summed E-state index contributed by atoms with van der Waals surface area (Å²) < 4.78 is 0. The van der Waals surface area contributed by atoms with Crippen molar-refractivity contribution in [1.29, 1.82) is 0 Å². The topological polar surface area (TPSA) is 183 Å². The number of nitrogens with one attached hydrogen (secondary N) is 2. The molecule has 2 fully saturated rings. The van der Waals surface area contributed by atoms with Gasteiger partial charge < -0.3 is 26.2 Å². The molecule has 0 spiro atoms. The number of hydrogen-bond donors (Lipinski definition) is 5. The van der Waals surface area contributed by atoms with Gasteiger partial charge in [-0.2, -0.15) is 0 Å². The number of aromatic nitrogens is 1. The second kappa shape index (κ2) is 9.18. The molecule has 3 aliphatic carbocycles. The van der Waals surface area contributed by atoms with Crippen LogP contribution in [0.25, 0.3) is 0 Å². The summed E-state index contributed by atoms with van der Waals surface area (Å²) in [4.78, 5) is 72.1. The largest absolute Gasteiger partial charge is 0.507 e. The molecule has 1 aromatic carbocycles. The van der Waals surface area contributed by atoms with E-state index >= 15 is 0 Å². The Morgan fingerprint density at radius 1 is 1.12 bits per heavy atom. The predicted octanol–water partition coefficient (Wildman–Crippen LogP) is 0.265. The number of carbonyl (C=O) groups excluding carboxylic acids is 5. The zero-order valence-corrected chi connectivity index (χ0v) is 22.9. The van der Waals surface area contributed by atoms with E-state index < -0.39 is 63.3 Å². The van der Waals surface area contributed by atoms with Crippen LogP contribution in [0, 0.1) is 22.7 Å². The minimum atomic E-state index is -2.81. The first kappa shape index (κ1) is 27.9. The summed E-state index contributed by atoms with van der Waals surface area (Å²) in [5, 5.41) is 26.1. The fourth-order valence-corrected chi connectivity index (χ4v) is 7.76. The quantitative estimate of drug-likeness (QED) is 0.315. The molecule has 11 heteroatoms. The summed E-state index contributed by atoms with van der Waals surface area (Å²) in [5.41, 5.74) is 2.14. The molecular formula is C29H34N4O7. The van der Waals surface area contributed by atoms with Crippen molar-refractivity contribution in [1.82, 2.24) is 15.2 Å². The van der Waals surface area contributed by atoms with E-state index in [1.54, 1.807) is 27.1 Å². The minimum absolute atomic E-state index is 0.0165. The van der Waals surface area contributed by atoms with E-state index in [0.717, 1.165) is 11.3 Å². The summed E-state index contributed by atoms with van der Waals surface area (Å²) in [6.07, 6.45) is 1.95. The highest BCUT2D eigenvalue weighted by molar-refractivity contribution is 6.33. The van der Waals surface area contributed by atoms with Gasteiger partial charge in [-0.3, -0.25) is 28.9 Å². The number of carbonyl (C=O) groups is 5. The number of phenolic OH excluding ortho intramolecular Hbond substituents is 1. The number of H-pyrrole nitrogens is 1. The van der Waals surface area contributed by atoms with Crippen molar-refractivity contribution >= 4 is 29.0 Å². The molecule has 212 valence electrons. The van der Waals surface area contributed by atoms with E-state index in [1.807, 2.05) is 18.3 Å². The second-order valence-corrected chi connectivity index (χ2v) is 12.2. The smallest absolute Gasteiger partial charge is 0.235 e. The lowest BCUT2D eigenvalue weighted by atomic mass is 9.42. The predicted molar refractivity (Wildman–Crippen MR) is 142 cm³/mol. The number of aromatic amines is 1. The summed E-state index contributed by atoms with van der Waals surface area (Å²) in [5.74, 6) is -8.88. The van der Waals surface area contributed by atoms with Gasteiger partial charge in [-0.15, -0.1) is 0 Å². The number of hydrogen-bond acceptors (Lipinski definition) is 9. The monoisotopic (exact) mass is 550 g/mol. The van der Waals surface area contributed by atoms with E-state index in [4.69, 9.17) is 5.73 Å². The first-order valence-corrected chi connectivity index (χ1v) is 13.2. The molecule has 2 aromatic rings. The van der Waals surface area contributed by atoms with E-state index in [1.165, 1.54) is 17.9 Å². The van der Waals surface area contributed by atoms with Crippen molar-refractivity contribution in [3.8, 4) is 5.75 Å². The molecule has 1 aromatic heterocycles. The van der Waals surface area contributed by atoms with Crippen LogP contribution in [0.15, 0.2) is 30.5 Å². The number of nitrogens with zero attached hydrogens (tertiary/aromatic N) is 1. The van der Waals surface area contributed by atoms with Crippen molar-refractivity contribution in [2.24, 2.45) is 28.4 Å². The molecule has 1 amide bonds. The maximum Gasteiger partial charge on any atom is 0.235 e. The van der Waals surface area contributed by atoms with E-state index in [-0.39, 0.29) is 24.2 Å². The molecule has 0 saturated heterocycles. The number of rotatable bonds is 6. The van der Waals surface area contributed by atoms with Gasteiger partial charge in [-0.05, 0) is 61.7 Å². The summed E-state index contributed by atoms with van der Waals surface area (Å²) in [6, 6.07) is 5.74. The number of ketones is 4. The minimum Gasteiger partial charge on any atom is -0.507 e. The second-order valence-electron chi connectivity index (χ2n) is 12.2. The molecule has 1 heterocycles. The lowest BCUT2D eigenvalue weighted by Crippen LogP contribution is -2.79. The third-order valence-electron chi connectivity index (χ3n) is 9.26. The Morgan fingerprint density at radius 2 is 1.82 bits per heavy atom. The van der Waals surface area contributed by atoms with E-state index in [2.05, 4.69) is 10.3 Å². The molecule has 6 N–H and O–H groups in total. The fraction of sp³-hybridized carbons (Fsp3) is 0.483. The van der Waals surface area contributed by atoms with Gasteiger partial charge in [-0.25, -0.2) is 0 Å². The fourth-order valence-electron chi connectivity index (χ4n) is 7.76. The van der Waals surface area contributed by atoms with Gasteiger partial charge in [0.15, 0.2) is 34.7 Å². The highest BCUT2D eigenvalue weighted by Gasteiger charge is 2.76. The van der Waals surface area contributed by atoms with Gasteiger partial charge in [0.25, 0.3) is 0 Å². The molecule has 40 heavy (non-hydrogen) atoms.